The Kier molecular flexibility index (Phi) is 5.36. The molecule has 0 N–H and O–H groups in total. The average Bonchev–Trinajstić information content (AvgIpc) is 2.56. The zero-order chi connectivity index (χ0) is 16.3. The Morgan fingerprint density at radius 1 is 1.09 bits per heavy atom. The van der Waals surface area contributed by atoms with Crippen LogP contribution >= 0.6 is 0 Å². The van der Waals surface area contributed by atoms with Crippen LogP contribution in [-0.4, -0.2) is 63.6 Å². The number of piperidine rings is 1. The van der Waals surface area contributed by atoms with Crippen molar-refractivity contribution in [3.63, 3.8) is 0 Å². The number of hydrogen-bond donors (Lipinski definition) is 0. The second-order valence-electron chi connectivity index (χ2n) is 6.53. The van der Waals surface area contributed by atoms with Crippen molar-refractivity contribution in [2.75, 3.05) is 45.9 Å². The summed E-state index contributed by atoms with van der Waals surface area (Å²) < 4.78 is 32.6. The van der Waals surface area contributed by atoms with Gasteiger partial charge in [0.15, 0.2) is 0 Å². The van der Waals surface area contributed by atoms with Crippen molar-refractivity contribution >= 4 is 10.0 Å². The van der Waals surface area contributed by atoms with E-state index in [-0.39, 0.29) is 0 Å². The third-order valence-electron chi connectivity index (χ3n) is 4.91. The molecule has 6 heteroatoms. The minimum Gasteiger partial charge on any atom is -0.379 e. The Morgan fingerprint density at radius 2 is 1.74 bits per heavy atom. The van der Waals surface area contributed by atoms with Gasteiger partial charge in [-0.25, -0.2) is 8.42 Å². The Hall–Kier alpha value is -0.950. The van der Waals surface area contributed by atoms with Crippen molar-refractivity contribution in [2.45, 2.75) is 24.7 Å². The number of sulfonamides is 1. The summed E-state index contributed by atoms with van der Waals surface area (Å²) in [5.74, 6) is 0.594. The van der Waals surface area contributed by atoms with Gasteiger partial charge in [-0.05, 0) is 37.3 Å². The average molecular weight is 338 g/mol. The lowest BCUT2D eigenvalue weighted by Gasteiger charge is -2.35. The first-order chi connectivity index (χ1) is 11.1. The third kappa shape index (κ3) is 3.94. The molecule has 5 nitrogen and oxygen atoms in total. The molecule has 0 unspecified atom stereocenters. The predicted octanol–water partition coefficient (Wildman–Crippen LogP) is 1.73. The number of rotatable bonds is 4. The molecular formula is C17H26N2O3S. The number of hydrogen-bond acceptors (Lipinski definition) is 4. The van der Waals surface area contributed by atoms with Gasteiger partial charge in [-0.2, -0.15) is 4.31 Å². The van der Waals surface area contributed by atoms with Crippen LogP contribution in [0.15, 0.2) is 29.2 Å². The molecule has 2 saturated heterocycles. The highest BCUT2D eigenvalue weighted by atomic mass is 32.2. The monoisotopic (exact) mass is 338 g/mol. The first-order valence-corrected chi connectivity index (χ1v) is 9.87. The second kappa shape index (κ2) is 7.30. The molecule has 1 aromatic rings. The van der Waals surface area contributed by atoms with Crippen LogP contribution in [0.4, 0.5) is 0 Å². The number of benzene rings is 1. The lowest BCUT2D eigenvalue weighted by atomic mass is 9.97. The van der Waals surface area contributed by atoms with Crippen LogP contribution in [0.2, 0.25) is 0 Å². The Morgan fingerprint density at radius 3 is 2.39 bits per heavy atom. The van der Waals surface area contributed by atoms with Crippen LogP contribution < -0.4 is 0 Å². The van der Waals surface area contributed by atoms with Crippen LogP contribution in [0.25, 0.3) is 0 Å². The van der Waals surface area contributed by atoms with E-state index in [1.807, 2.05) is 19.1 Å². The van der Waals surface area contributed by atoms with Crippen molar-refractivity contribution in [2.24, 2.45) is 5.92 Å². The number of nitrogens with zero attached hydrogens (tertiary/aromatic N) is 2. The first kappa shape index (κ1) is 16.9. The summed E-state index contributed by atoms with van der Waals surface area (Å²) in [4.78, 5) is 2.89. The predicted molar refractivity (Wildman–Crippen MR) is 89.9 cm³/mol. The molecule has 2 aliphatic rings. The Labute approximate surface area is 139 Å². The normalized spacial score (nSPS) is 22.3. The zero-order valence-electron chi connectivity index (χ0n) is 13.8. The highest BCUT2D eigenvalue weighted by Crippen LogP contribution is 2.26. The zero-order valence-corrected chi connectivity index (χ0v) is 14.6. The summed E-state index contributed by atoms with van der Waals surface area (Å²) in [5, 5.41) is 0. The molecule has 128 valence electrons. The lowest BCUT2D eigenvalue weighted by Crippen LogP contribution is -2.44. The molecule has 3 rings (SSSR count). The lowest BCUT2D eigenvalue weighted by molar-refractivity contribution is 0.0269. The molecule has 0 bridgehead atoms. The van der Waals surface area contributed by atoms with Gasteiger partial charge in [0.25, 0.3) is 0 Å². The minimum atomic E-state index is -3.35. The molecule has 0 amide bonds. The van der Waals surface area contributed by atoms with Crippen molar-refractivity contribution in [3.05, 3.63) is 29.8 Å². The van der Waals surface area contributed by atoms with E-state index in [2.05, 4.69) is 4.90 Å². The van der Waals surface area contributed by atoms with Crippen LogP contribution in [0.3, 0.4) is 0 Å². The van der Waals surface area contributed by atoms with E-state index in [0.717, 1.165) is 51.3 Å². The topological polar surface area (TPSA) is 49.9 Å². The van der Waals surface area contributed by atoms with Crippen LogP contribution in [0, 0.1) is 12.8 Å². The molecular weight excluding hydrogens is 312 g/mol. The summed E-state index contributed by atoms with van der Waals surface area (Å²) in [6.45, 7) is 7.83. The molecule has 0 spiro atoms. The molecule has 2 fully saturated rings. The minimum absolute atomic E-state index is 0.451. The Bertz CT molecular complexity index is 618. The van der Waals surface area contributed by atoms with Crippen molar-refractivity contribution < 1.29 is 13.2 Å². The third-order valence-corrected chi connectivity index (χ3v) is 6.96. The maximum absolute atomic E-state index is 12.8. The fraction of sp³-hybridized carbons (Fsp3) is 0.647. The van der Waals surface area contributed by atoms with Crippen LogP contribution in [0.1, 0.15) is 18.4 Å². The van der Waals surface area contributed by atoms with E-state index in [1.54, 1.807) is 16.4 Å². The molecule has 0 saturated carbocycles. The van der Waals surface area contributed by atoms with E-state index < -0.39 is 10.0 Å². The molecule has 0 atom stereocenters. The van der Waals surface area contributed by atoms with Gasteiger partial charge < -0.3 is 4.74 Å². The van der Waals surface area contributed by atoms with Gasteiger partial charge in [0.05, 0.1) is 18.1 Å². The van der Waals surface area contributed by atoms with Gasteiger partial charge in [-0.15, -0.1) is 0 Å². The molecule has 23 heavy (non-hydrogen) atoms. The highest BCUT2D eigenvalue weighted by molar-refractivity contribution is 7.89. The van der Waals surface area contributed by atoms with Crippen LogP contribution in [0.5, 0.6) is 0 Å². The number of morpholine rings is 1. The van der Waals surface area contributed by atoms with Crippen molar-refractivity contribution in [3.8, 4) is 0 Å². The fourth-order valence-electron chi connectivity index (χ4n) is 3.47. The van der Waals surface area contributed by atoms with Gasteiger partial charge in [0.1, 0.15) is 0 Å². The van der Waals surface area contributed by atoms with E-state index in [1.165, 1.54) is 0 Å². The van der Waals surface area contributed by atoms with Gasteiger partial charge in [-0.3, -0.25) is 4.90 Å². The summed E-state index contributed by atoms with van der Waals surface area (Å²) in [5.41, 5.74) is 0.822. The summed E-state index contributed by atoms with van der Waals surface area (Å²) in [7, 11) is -3.35. The van der Waals surface area contributed by atoms with E-state index in [4.69, 9.17) is 4.74 Å². The molecule has 2 heterocycles. The standard InChI is InChI=1S/C17H26N2O3S/c1-15-4-2-3-5-17(15)23(20,21)19-8-6-16(7-9-19)14-18-10-12-22-13-11-18/h2-5,16H,6-14H2,1H3. The van der Waals surface area contributed by atoms with Crippen LogP contribution in [-0.2, 0) is 14.8 Å². The Balaban J connectivity index is 1.59. The van der Waals surface area contributed by atoms with Gasteiger partial charge >= 0.3 is 0 Å². The maximum Gasteiger partial charge on any atom is 0.243 e. The molecule has 1 aromatic carbocycles. The summed E-state index contributed by atoms with van der Waals surface area (Å²) in [6, 6.07) is 7.25. The molecule has 0 aromatic heterocycles. The molecule has 0 radical (unpaired) electrons. The van der Waals surface area contributed by atoms with Crippen molar-refractivity contribution in [1.82, 2.24) is 9.21 Å². The van der Waals surface area contributed by atoms with E-state index >= 15 is 0 Å². The summed E-state index contributed by atoms with van der Waals surface area (Å²) >= 11 is 0. The molecule has 0 aliphatic carbocycles. The largest absolute Gasteiger partial charge is 0.379 e. The van der Waals surface area contributed by atoms with Gasteiger partial charge in [-0.1, -0.05) is 18.2 Å². The van der Waals surface area contributed by atoms with Crippen molar-refractivity contribution in [1.29, 1.82) is 0 Å². The SMILES string of the molecule is Cc1ccccc1S(=O)(=O)N1CCC(CN2CCOCC2)CC1. The number of aryl methyl sites for hydroxylation is 1. The second-order valence-corrected chi connectivity index (χ2v) is 8.43. The summed E-state index contributed by atoms with van der Waals surface area (Å²) in [6.07, 6.45) is 1.89. The highest BCUT2D eigenvalue weighted by Gasteiger charge is 2.30. The quantitative estimate of drug-likeness (QED) is 0.839. The maximum atomic E-state index is 12.8. The van der Waals surface area contributed by atoms with Gasteiger partial charge in [0, 0.05) is 32.7 Å². The molecule has 2 aliphatic heterocycles. The van der Waals surface area contributed by atoms with E-state index in [0.29, 0.717) is 23.9 Å². The van der Waals surface area contributed by atoms with E-state index in [9.17, 15) is 8.42 Å². The van der Waals surface area contributed by atoms with Gasteiger partial charge in [0.2, 0.25) is 10.0 Å². The number of ether oxygens (including phenoxy) is 1. The smallest absolute Gasteiger partial charge is 0.243 e. The fourth-order valence-corrected chi connectivity index (χ4v) is 5.16. The first-order valence-electron chi connectivity index (χ1n) is 8.43.